The van der Waals surface area contributed by atoms with Crippen LogP contribution in [0.2, 0.25) is 0 Å². The highest BCUT2D eigenvalue weighted by Gasteiger charge is 2.25. The Hall–Kier alpha value is -3.80. The molecule has 0 bridgehead atoms. The fourth-order valence-corrected chi connectivity index (χ4v) is 4.38. The maximum absolute atomic E-state index is 13.1. The van der Waals surface area contributed by atoms with Crippen LogP contribution in [-0.2, 0) is 20.6 Å². The molecular weight excluding hydrogens is 456 g/mol. The number of fused-ring (bicyclic) bond motifs is 1. The molecule has 1 aliphatic rings. The number of benzene rings is 1. The van der Waals surface area contributed by atoms with E-state index < -0.39 is 5.69 Å². The van der Waals surface area contributed by atoms with Crippen molar-refractivity contribution in [3.63, 3.8) is 0 Å². The van der Waals surface area contributed by atoms with Gasteiger partial charge in [0.05, 0.1) is 27.7 Å². The Balaban J connectivity index is 1.42. The molecule has 35 heavy (non-hydrogen) atoms. The molecule has 0 aliphatic carbocycles. The van der Waals surface area contributed by atoms with E-state index in [-0.39, 0.29) is 11.5 Å². The molecule has 188 valence electrons. The summed E-state index contributed by atoms with van der Waals surface area (Å²) in [6.07, 6.45) is 1.59. The summed E-state index contributed by atoms with van der Waals surface area (Å²) in [5, 5.41) is 0. The molecule has 0 unspecified atom stereocenters. The lowest BCUT2D eigenvalue weighted by Crippen LogP contribution is -2.49. The lowest BCUT2D eigenvalue weighted by atomic mass is 10.1. The van der Waals surface area contributed by atoms with Crippen molar-refractivity contribution < 1.29 is 19.0 Å². The lowest BCUT2D eigenvalue weighted by molar-refractivity contribution is 0.0632. The predicted octanol–water partition coefficient (Wildman–Crippen LogP) is -0.0825. The van der Waals surface area contributed by atoms with Crippen molar-refractivity contribution in [2.45, 2.75) is 6.54 Å². The summed E-state index contributed by atoms with van der Waals surface area (Å²) >= 11 is 0. The number of aromatic nitrogens is 4. The van der Waals surface area contributed by atoms with Gasteiger partial charge in [-0.3, -0.25) is 23.6 Å². The first kappa shape index (κ1) is 24.3. The predicted molar refractivity (Wildman–Crippen MR) is 129 cm³/mol. The number of carbonyl (C=O) groups excluding carboxylic acids is 1. The van der Waals surface area contributed by atoms with E-state index >= 15 is 0 Å². The van der Waals surface area contributed by atoms with Gasteiger partial charge in [-0.1, -0.05) is 0 Å². The molecule has 1 amide bonds. The first-order valence-electron chi connectivity index (χ1n) is 11.2. The summed E-state index contributed by atoms with van der Waals surface area (Å²) in [5.41, 5.74) is 0.492. The molecule has 3 aromatic rings. The SMILES string of the molecule is COc1cc(C(=O)N2CCN(CCn3cnc4c3c(=O)n(C)c(=O)n4C)CC2)cc(OC)c1OC. The molecule has 12 heteroatoms. The third kappa shape index (κ3) is 4.36. The average Bonchev–Trinajstić information content (AvgIpc) is 3.32. The van der Waals surface area contributed by atoms with E-state index in [1.165, 1.54) is 32.9 Å². The number of carbonyl (C=O) groups is 1. The van der Waals surface area contributed by atoms with Crippen LogP contribution in [0.15, 0.2) is 28.0 Å². The maximum Gasteiger partial charge on any atom is 0.332 e. The molecule has 0 radical (unpaired) electrons. The molecular formula is C23H30N6O6. The molecule has 12 nitrogen and oxygen atoms in total. The monoisotopic (exact) mass is 486 g/mol. The molecule has 0 spiro atoms. The summed E-state index contributed by atoms with van der Waals surface area (Å²) in [4.78, 5) is 46.2. The molecule has 0 saturated carbocycles. The minimum atomic E-state index is -0.402. The topological polar surface area (TPSA) is 113 Å². The van der Waals surface area contributed by atoms with Crippen LogP contribution >= 0.6 is 0 Å². The third-order valence-corrected chi connectivity index (χ3v) is 6.45. The number of piperazine rings is 1. The highest BCUT2D eigenvalue weighted by atomic mass is 16.5. The van der Waals surface area contributed by atoms with Crippen molar-refractivity contribution in [3.8, 4) is 17.2 Å². The van der Waals surface area contributed by atoms with Gasteiger partial charge in [0, 0.05) is 58.9 Å². The second-order valence-corrected chi connectivity index (χ2v) is 8.36. The molecule has 1 aliphatic heterocycles. The van der Waals surface area contributed by atoms with Crippen LogP contribution in [0.1, 0.15) is 10.4 Å². The number of ether oxygens (including phenoxy) is 3. The average molecular weight is 487 g/mol. The Morgan fingerprint density at radius 2 is 1.54 bits per heavy atom. The maximum atomic E-state index is 13.1. The summed E-state index contributed by atoms with van der Waals surface area (Å²) in [5.74, 6) is 1.21. The van der Waals surface area contributed by atoms with Gasteiger partial charge in [0.1, 0.15) is 0 Å². The number of imidazole rings is 1. The van der Waals surface area contributed by atoms with Crippen molar-refractivity contribution in [1.82, 2.24) is 28.5 Å². The minimum Gasteiger partial charge on any atom is -0.493 e. The first-order valence-corrected chi connectivity index (χ1v) is 11.2. The first-order chi connectivity index (χ1) is 16.8. The van der Waals surface area contributed by atoms with E-state index in [1.807, 2.05) is 0 Å². The Bertz CT molecular complexity index is 1340. The number of aryl methyl sites for hydroxylation is 1. The quantitative estimate of drug-likeness (QED) is 0.456. The molecule has 0 N–H and O–H groups in total. The molecule has 4 rings (SSSR count). The van der Waals surface area contributed by atoms with Gasteiger partial charge < -0.3 is 23.7 Å². The highest BCUT2D eigenvalue weighted by molar-refractivity contribution is 5.95. The molecule has 0 atom stereocenters. The number of hydrogen-bond donors (Lipinski definition) is 0. The van der Waals surface area contributed by atoms with E-state index in [0.29, 0.717) is 73.2 Å². The highest BCUT2D eigenvalue weighted by Crippen LogP contribution is 2.38. The molecule has 1 aromatic carbocycles. The van der Waals surface area contributed by atoms with E-state index in [4.69, 9.17) is 14.2 Å². The molecule has 3 heterocycles. The number of amides is 1. The van der Waals surface area contributed by atoms with Crippen LogP contribution in [0.25, 0.3) is 11.2 Å². The van der Waals surface area contributed by atoms with Gasteiger partial charge in [-0.05, 0) is 12.1 Å². The summed E-state index contributed by atoms with van der Waals surface area (Å²) in [6.45, 7) is 3.75. The number of hydrogen-bond acceptors (Lipinski definition) is 8. The zero-order chi connectivity index (χ0) is 25.3. The van der Waals surface area contributed by atoms with E-state index in [9.17, 15) is 14.4 Å². The van der Waals surface area contributed by atoms with Gasteiger partial charge in [0.15, 0.2) is 22.7 Å². The van der Waals surface area contributed by atoms with Gasteiger partial charge in [-0.15, -0.1) is 0 Å². The number of nitrogens with zero attached hydrogens (tertiary/aromatic N) is 6. The fourth-order valence-electron chi connectivity index (χ4n) is 4.38. The second kappa shape index (κ2) is 9.82. The Morgan fingerprint density at radius 1 is 0.914 bits per heavy atom. The van der Waals surface area contributed by atoms with E-state index in [0.717, 1.165) is 4.57 Å². The summed E-state index contributed by atoms with van der Waals surface area (Å²) in [7, 11) is 7.62. The van der Waals surface area contributed by atoms with Crippen molar-refractivity contribution in [1.29, 1.82) is 0 Å². The molecule has 1 saturated heterocycles. The normalized spacial score (nSPS) is 14.4. The molecule has 2 aromatic heterocycles. The fraction of sp³-hybridized carbons (Fsp3) is 0.478. The van der Waals surface area contributed by atoms with Crippen molar-refractivity contribution in [3.05, 3.63) is 44.9 Å². The van der Waals surface area contributed by atoms with Crippen molar-refractivity contribution in [2.24, 2.45) is 14.1 Å². The summed E-state index contributed by atoms with van der Waals surface area (Å²) in [6, 6.07) is 3.32. The second-order valence-electron chi connectivity index (χ2n) is 8.36. The Kier molecular flexibility index (Phi) is 6.83. The number of methoxy groups -OCH3 is 3. The van der Waals surface area contributed by atoms with Gasteiger partial charge in [0.2, 0.25) is 5.75 Å². The Morgan fingerprint density at radius 3 is 2.11 bits per heavy atom. The number of rotatable bonds is 7. The van der Waals surface area contributed by atoms with Gasteiger partial charge >= 0.3 is 5.69 Å². The van der Waals surface area contributed by atoms with Gasteiger partial charge in [-0.25, -0.2) is 9.78 Å². The van der Waals surface area contributed by atoms with Gasteiger partial charge in [0.25, 0.3) is 11.5 Å². The minimum absolute atomic E-state index is 0.103. The summed E-state index contributed by atoms with van der Waals surface area (Å²) < 4.78 is 20.3. The smallest absolute Gasteiger partial charge is 0.332 e. The zero-order valence-electron chi connectivity index (χ0n) is 20.6. The molecule has 1 fully saturated rings. The van der Waals surface area contributed by atoms with Crippen LogP contribution < -0.4 is 25.5 Å². The Labute approximate surface area is 201 Å². The van der Waals surface area contributed by atoms with Gasteiger partial charge in [-0.2, -0.15) is 0 Å². The van der Waals surface area contributed by atoms with Crippen molar-refractivity contribution >= 4 is 17.1 Å². The van der Waals surface area contributed by atoms with E-state index in [2.05, 4.69) is 9.88 Å². The van der Waals surface area contributed by atoms with Crippen LogP contribution in [0.3, 0.4) is 0 Å². The van der Waals surface area contributed by atoms with Crippen LogP contribution in [-0.4, -0.2) is 88.4 Å². The van der Waals surface area contributed by atoms with Crippen LogP contribution in [0.4, 0.5) is 0 Å². The van der Waals surface area contributed by atoms with E-state index in [1.54, 1.807) is 35.0 Å². The van der Waals surface area contributed by atoms with Crippen molar-refractivity contribution in [2.75, 3.05) is 54.1 Å². The van der Waals surface area contributed by atoms with Crippen LogP contribution in [0.5, 0.6) is 17.2 Å². The van der Waals surface area contributed by atoms with Crippen LogP contribution in [0, 0.1) is 0 Å². The lowest BCUT2D eigenvalue weighted by Gasteiger charge is -2.35. The standard InChI is InChI=1S/C23H30N6O6/c1-25-20-18(22(31)26(2)23(25)32)29(14-24-20)11-8-27-6-9-28(10-7-27)21(30)15-12-16(33-3)19(35-5)17(13-15)34-4/h12-14H,6-11H2,1-5H3. The third-order valence-electron chi connectivity index (χ3n) is 6.45. The largest absolute Gasteiger partial charge is 0.493 e. The zero-order valence-corrected chi connectivity index (χ0v) is 20.6.